The minimum atomic E-state index is -3.58. The van der Waals surface area contributed by atoms with Gasteiger partial charge in [-0.25, -0.2) is 12.8 Å². The first-order valence-electron chi connectivity index (χ1n) is 8.96. The van der Waals surface area contributed by atoms with E-state index in [-0.39, 0.29) is 18.3 Å². The number of thiophene rings is 1. The maximum absolute atomic E-state index is 13.2. The zero-order chi connectivity index (χ0) is 19.6. The average molecular weight is 411 g/mol. The van der Waals surface area contributed by atoms with Gasteiger partial charge in [-0.05, 0) is 63.1 Å². The molecule has 1 amide bonds. The van der Waals surface area contributed by atoms with Crippen LogP contribution in [0.1, 0.15) is 24.6 Å². The third kappa shape index (κ3) is 4.23. The first-order chi connectivity index (χ1) is 12.8. The molecule has 146 valence electrons. The van der Waals surface area contributed by atoms with Crippen molar-refractivity contribution in [2.75, 3.05) is 24.5 Å². The van der Waals surface area contributed by atoms with Crippen LogP contribution in [0.3, 0.4) is 0 Å². The van der Waals surface area contributed by atoms with Crippen LogP contribution < -0.4 is 4.90 Å². The van der Waals surface area contributed by atoms with Crippen LogP contribution in [0.4, 0.5) is 10.1 Å². The standard InChI is InChI=1S/C19H23FN2O3S2/c1-3-22(17-9-7-16(20)8-10-17)19(23)15-5-4-12-21(13-15)27(24,25)18-11-6-14(2)26-18/h6-11,15H,3-5,12-13H2,1-2H3. The molecule has 0 radical (unpaired) electrons. The van der Waals surface area contributed by atoms with Crippen LogP contribution in [0.15, 0.2) is 40.6 Å². The Morgan fingerprint density at radius 2 is 1.96 bits per heavy atom. The summed E-state index contributed by atoms with van der Waals surface area (Å²) >= 11 is 1.25. The van der Waals surface area contributed by atoms with Crippen LogP contribution in [0.2, 0.25) is 0 Å². The lowest BCUT2D eigenvalue weighted by molar-refractivity contribution is -0.123. The monoisotopic (exact) mass is 410 g/mol. The van der Waals surface area contributed by atoms with E-state index >= 15 is 0 Å². The van der Waals surface area contributed by atoms with Crippen molar-refractivity contribution in [1.29, 1.82) is 0 Å². The Kier molecular flexibility index (Phi) is 5.98. The molecule has 5 nitrogen and oxygen atoms in total. The van der Waals surface area contributed by atoms with Crippen LogP contribution in [-0.4, -0.2) is 38.3 Å². The maximum Gasteiger partial charge on any atom is 0.252 e. The van der Waals surface area contributed by atoms with Crippen LogP contribution in [0, 0.1) is 18.7 Å². The van der Waals surface area contributed by atoms with Gasteiger partial charge in [0.2, 0.25) is 5.91 Å². The molecule has 0 bridgehead atoms. The fraction of sp³-hybridized carbons (Fsp3) is 0.421. The molecule has 1 aliphatic rings. The second-order valence-electron chi connectivity index (χ2n) is 6.63. The molecule has 1 aromatic heterocycles. The quantitative estimate of drug-likeness (QED) is 0.756. The molecule has 0 N–H and O–H groups in total. The number of carbonyl (C=O) groups is 1. The summed E-state index contributed by atoms with van der Waals surface area (Å²) in [6.45, 7) is 4.76. The fourth-order valence-corrected chi connectivity index (χ4v) is 6.31. The number of nitrogens with zero attached hydrogens (tertiary/aromatic N) is 2. The van der Waals surface area contributed by atoms with Crippen LogP contribution in [0.25, 0.3) is 0 Å². The summed E-state index contributed by atoms with van der Waals surface area (Å²) < 4.78 is 40.7. The predicted molar refractivity (Wildman–Crippen MR) is 105 cm³/mol. The summed E-state index contributed by atoms with van der Waals surface area (Å²) in [5, 5.41) is 0. The van der Waals surface area contributed by atoms with Crippen molar-refractivity contribution in [3.8, 4) is 0 Å². The first-order valence-corrected chi connectivity index (χ1v) is 11.2. The van der Waals surface area contributed by atoms with Gasteiger partial charge in [-0.15, -0.1) is 11.3 Å². The van der Waals surface area contributed by atoms with Gasteiger partial charge in [0.1, 0.15) is 10.0 Å². The predicted octanol–water partition coefficient (Wildman–Crippen LogP) is 3.65. The zero-order valence-electron chi connectivity index (χ0n) is 15.4. The van der Waals surface area contributed by atoms with Gasteiger partial charge in [0.05, 0.1) is 5.92 Å². The Morgan fingerprint density at radius 1 is 1.26 bits per heavy atom. The van der Waals surface area contributed by atoms with Crippen molar-refractivity contribution in [3.63, 3.8) is 0 Å². The number of anilines is 1. The number of amides is 1. The van der Waals surface area contributed by atoms with Gasteiger partial charge in [-0.1, -0.05) is 0 Å². The maximum atomic E-state index is 13.2. The molecular weight excluding hydrogens is 387 g/mol. The van der Waals surface area contributed by atoms with Crippen molar-refractivity contribution in [3.05, 3.63) is 47.1 Å². The van der Waals surface area contributed by atoms with E-state index in [1.165, 1.54) is 27.8 Å². The third-order valence-corrected chi connectivity index (χ3v) is 8.10. The minimum Gasteiger partial charge on any atom is -0.312 e. The summed E-state index contributed by atoms with van der Waals surface area (Å²) in [6, 6.07) is 9.20. The van der Waals surface area contributed by atoms with Crippen LogP contribution >= 0.6 is 11.3 Å². The molecule has 0 spiro atoms. The van der Waals surface area contributed by atoms with Crippen LogP contribution in [0.5, 0.6) is 0 Å². The van der Waals surface area contributed by atoms with E-state index < -0.39 is 15.9 Å². The highest BCUT2D eigenvalue weighted by Crippen LogP contribution is 2.29. The van der Waals surface area contributed by atoms with E-state index in [1.807, 2.05) is 13.8 Å². The van der Waals surface area contributed by atoms with E-state index in [9.17, 15) is 17.6 Å². The highest BCUT2D eigenvalue weighted by molar-refractivity contribution is 7.91. The smallest absolute Gasteiger partial charge is 0.252 e. The van der Waals surface area contributed by atoms with E-state index in [2.05, 4.69) is 0 Å². The van der Waals surface area contributed by atoms with Crippen molar-refractivity contribution >= 4 is 33.0 Å². The number of aryl methyl sites for hydroxylation is 1. The summed E-state index contributed by atoms with van der Waals surface area (Å²) in [6.07, 6.45) is 1.28. The largest absolute Gasteiger partial charge is 0.312 e. The Morgan fingerprint density at radius 3 is 2.56 bits per heavy atom. The number of hydrogen-bond acceptors (Lipinski definition) is 4. The van der Waals surface area contributed by atoms with E-state index in [0.29, 0.717) is 35.8 Å². The normalized spacial score (nSPS) is 18.4. The second-order valence-corrected chi connectivity index (χ2v) is 10.1. The Hall–Kier alpha value is -1.77. The van der Waals surface area contributed by atoms with Crippen molar-refractivity contribution in [1.82, 2.24) is 4.31 Å². The average Bonchev–Trinajstić information content (AvgIpc) is 3.11. The van der Waals surface area contributed by atoms with Crippen molar-refractivity contribution in [2.24, 2.45) is 5.92 Å². The lowest BCUT2D eigenvalue weighted by atomic mass is 9.97. The fourth-order valence-electron chi connectivity index (χ4n) is 3.35. The summed E-state index contributed by atoms with van der Waals surface area (Å²) in [4.78, 5) is 15.6. The van der Waals surface area contributed by atoms with E-state index in [4.69, 9.17) is 0 Å². The lowest BCUT2D eigenvalue weighted by Gasteiger charge is -2.33. The van der Waals surface area contributed by atoms with Gasteiger partial charge < -0.3 is 4.90 Å². The van der Waals surface area contributed by atoms with Crippen LogP contribution in [-0.2, 0) is 14.8 Å². The molecule has 1 aliphatic heterocycles. The number of piperidine rings is 1. The number of hydrogen-bond donors (Lipinski definition) is 0. The summed E-state index contributed by atoms with van der Waals surface area (Å²) in [5.41, 5.74) is 0.623. The molecular formula is C19H23FN2O3S2. The molecule has 1 unspecified atom stereocenters. The molecule has 0 aliphatic carbocycles. The molecule has 1 atom stereocenters. The highest BCUT2D eigenvalue weighted by Gasteiger charge is 2.35. The molecule has 27 heavy (non-hydrogen) atoms. The van der Waals surface area contributed by atoms with Gasteiger partial charge in [-0.3, -0.25) is 4.79 Å². The highest BCUT2D eigenvalue weighted by atomic mass is 32.2. The number of halogens is 1. The van der Waals surface area contributed by atoms with Gasteiger partial charge in [0, 0.05) is 30.2 Å². The molecule has 8 heteroatoms. The Balaban J connectivity index is 1.78. The van der Waals surface area contributed by atoms with Gasteiger partial charge in [0.15, 0.2) is 0 Å². The zero-order valence-corrected chi connectivity index (χ0v) is 17.0. The van der Waals surface area contributed by atoms with Crippen molar-refractivity contribution in [2.45, 2.75) is 30.9 Å². The number of carbonyl (C=O) groups excluding carboxylic acids is 1. The van der Waals surface area contributed by atoms with Gasteiger partial charge in [0.25, 0.3) is 10.0 Å². The minimum absolute atomic E-state index is 0.119. The number of sulfonamides is 1. The number of rotatable bonds is 5. The molecule has 1 fully saturated rings. The Bertz CT molecular complexity index is 909. The molecule has 1 aromatic carbocycles. The molecule has 3 rings (SSSR count). The second kappa shape index (κ2) is 8.08. The van der Waals surface area contributed by atoms with Crippen molar-refractivity contribution < 1.29 is 17.6 Å². The van der Waals surface area contributed by atoms with E-state index in [0.717, 1.165) is 4.88 Å². The molecule has 1 saturated heterocycles. The van der Waals surface area contributed by atoms with Gasteiger partial charge in [-0.2, -0.15) is 4.31 Å². The Labute approximate surface area is 163 Å². The molecule has 0 saturated carbocycles. The summed E-state index contributed by atoms with van der Waals surface area (Å²) in [5.74, 6) is -0.880. The SMILES string of the molecule is CCN(C(=O)C1CCCN(S(=O)(=O)c2ccc(C)s2)C1)c1ccc(F)cc1. The topological polar surface area (TPSA) is 57.7 Å². The first kappa shape index (κ1) is 20.0. The number of benzene rings is 1. The third-order valence-electron chi connectivity index (χ3n) is 4.76. The lowest BCUT2D eigenvalue weighted by Crippen LogP contribution is -2.46. The van der Waals surface area contributed by atoms with Gasteiger partial charge >= 0.3 is 0 Å². The van der Waals surface area contributed by atoms with E-state index in [1.54, 1.807) is 29.2 Å². The molecule has 2 aromatic rings. The molecule has 2 heterocycles. The summed E-state index contributed by atoms with van der Waals surface area (Å²) in [7, 11) is -3.58.